The van der Waals surface area contributed by atoms with Crippen molar-refractivity contribution in [2.24, 2.45) is 5.92 Å². The molecule has 0 fully saturated rings. The zero-order chi connectivity index (χ0) is 12.9. The van der Waals surface area contributed by atoms with Gasteiger partial charge >= 0.3 is 6.92 Å². The molecule has 16 heavy (non-hydrogen) atoms. The second kappa shape index (κ2) is 6.50. The molecule has 0 bridgehead atoms. The molecule has 0 rings (SSSR count). The largest absolute Gasteiger partial charge is 0.565 e. The average Bonchev–Trinajstić information content (AvgIpc) is 1.97. The Balaban J connectivity index is 4.29. The van der Waals surface area contributed by atoms with Crippen molar-refractivity contribution < 1.29 is 9.08 Å². The van der Waals surface area contributed by atoms with E-state index in [-0.39, 0.29) is 13.0 Å². The van der Waals surface area contributed by atoms with Gasteiger partial charge in [-0.15, -0.1) is 0 Å². The Morgan fingerprint density at radius 2 is 1.75 bits per heavy atom. The van der Waals surface area contributed by atoms with Crippen molar-refractivity contribution in [1.82, 2.24) is 0 Å². The van der Waals surface area contributed by atoms with Crippen molar-refractivity contribution in [2.45, 2.75) is 59.7 Å². The Morgan fingerprint density at radius 1 is 1.25 bits per heavy atom. The second-order valence-electron chi connectivity index (χ2n) is 5.92. The van der Waals surface area contributed by atoms with Crippen molar-refractivity contribution in [3.63, 3.8) is 0 Å². The Kier molecular flexibility index (Phi) is 6.41. The molecule has 0 spiro atoms. The maximum Gasteiger partial charge on any atom is 0.351 e. The van der Waals surface area contributed by atoms with Crippen molar-refractivity contribution >= 4 is 15.2 Å². The summed E-state index contributed by atoms with van der Waals surface area (Å²) in [6.07, 6.45) is 1.04. The molecule has 2 nitrogen and oxygen atoms in total. The van der Waals surface area contributed by atoms with E-state index in [1.807, 2.05) is 13.6 Å². The van der Waals surface area contributed by atoms with Crippen LogP contribution in [0.5, 0.6) is 0 Å². The summed E-state index contributed by atoms with van der Waals surface area (Å²) in [6.45, 7) is 19.2. The molecular weight excluding hydrogens is 215 g/mol. The van der Waals surface area contributed by atoms with Gasteiger partial charge in [0.2, 0.25) is 0 Å². The maximum atomic E-state index is 6.15. The summed E-state index contributed by atoms with van der Waals surface area (Å²) < 4.78 is 11.7. The van der Waals surface area contributed by atoms with Crippen molar-refractivity contribution in [3.05, 3.63) is 12.3 Å². The standard InChI is InChI=1S/C12H27BO2Si/c1-10(2)12(15-16(6,7)8)9-11(3)14-13(4)5/h10,12H,3,9H2,1-2,4-8H3/t12-/m0/s1. The Bertz CT molecular complexity index is 222. The molecule has 0 saturated heterocycles. The van der Waals surface area contributed by atoms with Gasteiger partial charge in [-0.05, 0) is 39.2 Å². The normalized spacial score (nSPS) is 13.8. The van der Waals surface area contributed by atoms with Crippen LogP contribution in [-0.4, -0.2) is 21.3 Å². The molecule has 0 aromatic carbocycles. The van der Waals surface area contributed by atoms with Gasteiger partial charge in [0, 0.05) is 6.42 Å². The molecule has 4 heteroatoms. The van der Waals surface area contributed by atoms with Gasteiger partial charge in [0.25, 0.3) is 0 Å². The molecule has 0 radical (unpaired) electrons. The Morgan fingerprint density at radius 3 is 2.06 bits per heavy atom. The average molecular weight is 242 g/mol. The van der Waals surface area contributed by atoms with Gasteiger partial charge < -0.3 is 9.08 Å². The molecule has 0 amide bonds. The van der Waals surface area contributed by atoms with Crippen molar-refractivity contribution in [1.29, 1.82) is 0 Å². The van der Waals surface area contributed by atoms with Gasteiger partial charge in [-0.2, -0.15) is 0 Å². The van der Waals surface area contributed by atoms with E-state index in [2.05, 4.69) is 40.1 Å². The molecular formula is C12H27BO2Si. The summed E-state index contributed by atoms with van der Waals surface area (Å²) in [6, 6.07) is 0. The van der Waals surface area contributed by atoms with Gasteiger partial charge in [-0.3, -0.25) is 0 Å². The van der Waals surface area contributed by atoms with Crippen LogP contribution in [0.25, 0.3) is 0 Å². The third-order valence-corrected chi connectivity index (χ3v) is 3.09. The van der Waals surface area contributed by atoms with Gasteiger partial charge in [0.05, 0.1) is 11.9 Å². The zero-order valence-electron chi connectivity index (χ0n) is 12.0. The van der Waals surface area contributed by atoms with Crippen LogP contribution in [-0.2, 0) is 9.08 Å². The third-order valence-electron chi connectivity index (χ3n) is 2.08. The van der Waals surface area contributed by atoms with Crippen LogP contribution < -0.4 is 0 Å². The first kappa shape index (κ1) is 15.8. The minimum Gasteiger partial charge on any atom is -0.565 e. The Hall–Kier alpha value is -0.218. The van der Waals surface area contributed by atoms with E-state index in [0.717, 1.165) is 12.2 Å². The van der Waals surface area contributed by atoms with Crippen LogP contribution in [0.15, 0.2) is 12.3 Å². The van der Waals surface area contributed by atoms with Crippen LogP contribution >= 0.6 is 0 Å². The SMILES string of the molecule is C=C(C[C@H](O[Si](C)(C)C)C(C)C)OB(C)C. The molecule has 0 unspecified atom stereocenters. The highest BCUT2D eigenvalue weighted by Gasteiger charge is 2.24. The van der Waals surface area contributed by atoms with Crippen LogP contribution in [0.1, 0.15) is 20.3 Å². The number of hydrogen-bond donors (Lipinski definition) is 0. The highest BCUT2D eigenvalue weighted by Crippen LogP contribution is 2.21. The van der Waals surface area contributed by atoms with Gasteiger partial charge in [0.15, 0.2) is 8.32 Å². The summed E-state index contributed by atoms with van der Waals surface area (Å²) in [5.74, 6) is 1.34. The summed E-state index contributed by atoms with van der Waals surface area (Å²) >= 11 is 0. The first-order valence-electron chi connectivity index (χ1n) is 6.14. The van der Waals surface area contributed by atoms with Gasteiger partial charge in [0.1, 0.15) is 0 Å². The molecule has 0 N–H and O–H groups in total. The fourth-order valence-corrected chi connectivity index (χ4v) is 2.74. The summed E-state index contributed by atoms with van der Waals surface area (Å²) in [4.78, 5) is 0. The molecule has 0 aliphatic carbocycles. The predicted octanol–water partition coefficient (Wildman–Crippen LogP) is 4.03. The molecule has 0 saturated carbocycles. The van der Waals surface area contributed by atoms with E-state index in [9.17, 15) is 0 Å². The zero-order valence-corrected chi connectivity index (χ0v) is 13.0. The third kappa shape index (κ3) is 7.99. The summed E-state index contributed by atoms with van der Waals surface area (Å²) in [5, 5.41) is 0. The Labute approximate surface area is 103 Å². The molecule has 0 aromatic heterocycles. The van der Waals surface area contributed by atoms with E-state index in [1.54, 1.807) is 0 Å². The van der Waals surface area contributed by atoms with Crippen LogP contribution in [0.2, 0.25) is 33.3 Å². The monoisotopic (exact) mass is 242 g/mol. The van der Waals surface area contributed by atoms with E-state index in [0.29, 0.717) is 5.92 Å². The molecule has 0 heterocycles. The van der Waals surface area contributed by atoms with Crippen molar-refractivity contribution in [3.8, 4) is 0 Å². The lowest BCUT2D eigenvalue weighted by atomic mass is 9.75. The van der Waals surface area contributed by atoms with E-state index in [1.165, 1.54) is 0 Å². The molecule has 94 valence electrons. The summed E-state index contributed by atoms with van der Waals surface area (Å²) in [7, 11) is -1.49. The highest BCUT2D eigenvalue weighted by molar-refractivity contribution is 6.69. The fraction of sp³-hybridized carbons (Fsp3) is 0.833. The molecule has 0 aliphatic rings. The minimum absolute atomic E-state index is 0.201. The van der Waals surface area contributed by atoms with E-state index >= 15 is 0 Å². The van der Waals surface area contributed by atoms with Crippen LogP contribution in [0, 0.1) is 5.92 Å². The quantitative estimate of drug-likeness (QED) is 0.495. The number of rotatable bonds is 7. The van der Waals surface area contributed by atoms with E-state index in [4.69, 9.17) is 9.08 Å². The first-order valence-corrected chi connectivity index (χ1v) is 9.55. The fourth-order valence-electron chi connectivity index (χ4n) is 1.47. The lowest BCUT2D eigenvalue weighted by Crippen LogP contribution is -2.35. The second-order valence-corrected chi connectivity index (χ2v) is 10.4. The van der Waals surface area contributed by atoms with Gasteiger partial charge in [-0.25, -0.2) is 0 Å². The van der Waals surface area contributed by atoms with Crippen LogP contribution in [0.4, 0.5) is 0 Å². The van der Waals surface area contributed by atoms with Gasteiger partial charge in [-0.1, -0.05) is 20.4 Å². The smallest absolute Gasteiger partial charge is 0.351 e. The highest BCUT2D eigenvalue weighted by atomic mass is 28.4. The lowest BCUT2D eigenvalue weighted by Gasteiger charge is -2.30. The molecule has 1 atom stereocenters. The number of hydrogen-bond acceptors (Lipinski definition) is 2. The lowest BCUT2D eigenvalue weighted by molar-refractivity contribution is 0.133. The van der Waals surface area contributed by atoms with Crippen LogP contribution in [0.3, 0.4) is 0 Å². The topological polar surface area (TPSA) is 18.5 Å². The molecule has 0 aromatic rings. The minimum atomic E-state index is -1.49. The van der Waals surface area contributed by atoms with Crippen molar-refractivity contribution in [2.75, 3.05) is 0 Å². The van der Waals surface area contributed by atoms with E-state index < -0.39 is 8.32 Å². The maximum absolute atomic E-state index is 6.15. The predicted molar refractivity (Wildman–Crippen MR) is 75.4 cm³/mol. The summed E-state index contributed by atoms with van der Waals surface area (Å²) in [5.41, 5.74) is 0. The molecule has 0 aliphatic heterocycles. The first-order chi connectivity index (χ1) is 7.11.